The van der Waals surface area contributed by atoms with Crippen LogP contribution >= 0.6 is 11.3 Å². The lowest BCUT2D eigenvalue weighted by atomic mass is 10.2. The highest BCUT2D eigenvalue weighted by molar-refractivity contribution is 7.12. The van der Waals surface area contributed by atoms with Crippen molar-refractivity contribution >= 4 is 28.9 Å². The highest BCUT2D eigenvalue weighted by atomic mass is 32.1. The molecule has 0 aliphatic heterocycles. The van der Waals surface area contributed by atoms with Crippen LogP contribution in [0.4, 0.5) is 5.69 Å². The maximum absolute atomic E-state index is 12.0. The average Bonchev–Trinajstić information content (AvgIpc) is 2.94. The molecule has 0 bridgehead atoms. The lowest BCUT2D eigenvalue weighted by Crippen LogP contribution is -2.29. The van der Waals surface area contributed by atoms with Gasteiger partial charge in [-0.2, -0.15) is 5.26 Å². The van der Waals surface area contributed by atoms with Gasteiger partial charge in [0.25, 0.3) is 5.91 Å². The van der Waals surface area contributed by atoms with Crippen molar-refractivity contribution in [1.29, 1.82) is 5.26 Å². The Morgan fingerprint density at radius 1 is 1.27 bits per heavy atom. The van der Waals surface area contributed by atoms with E-state index in [9.17, 15) is 9.59 Å². The number of ether oxygens (including phenoxy) is 1. The van der Waals surface area contributed by atoms with Crippen LogP contribution in [0.2, 0.25) is 0 Å². The molecule has 1 atom stereocenters. The number of hydrogen-bond donors (Lipinski definition) is 1. The van der Waals surface area contributed by atoms with Gasteiger partial charge in [0.15, 0.2) is 6.10 Å². The van der Waals surface area contributed by atoms with Crippen LogP contribution in [0, 0.1) is 18.3 Å². The third-order valence-electron chi connectivity index (χ3n) is 2.98. The number of hydrogen-bond acceptors (Lipinski definition) is 5. The van der Waals surface area contributed by atoms with E-state index in [1.165, 1.54) is 18.3 Å². The summed E-state index contributed by atoms with van der Waals surface area (Å²) in [6, 6.07) is 10.3. The van der Waals surface area contributed by atoms with Crippen LogP contribution in [0.25, 0.3) is 0 Å². The molecule has 0 unspecified atom stereocenters. The molecule has 1 amide bonds. The maximum atomic E-state index is 12.0. The van der Waals surface area contributed by atoms with Crippen molar-refractivity contribution in [3.8, 4) is 6.07 Å². The third-order valence-corrected chi connectivity index (χ3v) is 3.98. The van der Waals surface area contributed by atoms with E-state index in [1.807, 2.05) is 19.1 Å². The fourth-order valence-corrected chi connectivity index (χ4v) is 2.53. The van der Waals surface area contributed by atoms with Crippen LogP contribution in [-0.2, 0) is 9.53 Å². The number of amides is 1. The number of nitrogens with one attached hydrogen (secondary N) is 1. The summed E-state index contributed by atoms with van der Waals surface area (Å²) >= 11 is 1.28. The summed E-state index contributed by atoms with van der Waals surface area (Å²) in [5, 5.41) is 13.2. The predicted molar refractivity (Wildman–Crippen MR) is 83.7 cm³/mol. The number of thiophene rings is 1. The number of anilines is 1. The zero-order valence-corrected chi connectivity index (χ0v) is 12.9. The van der Waals surface area contributed by atoms with Gasteiger partial charge >= 0.3 is 5.97 Å². The summed E-state index contributed by atoms with van der Waals surface area (Å²) in [6.45, 7) is 3.33. The molecule has 6 heteroatoms. The molecule has 112 valence electrons. The molecule has 1 heterocycles. The van der Waals surface area contributed by atoms with Crippen molar-refractivity contribution in [2.24, 2.45) is 0 Å². The first-order valence-corrected chi connectivity index (χ1v) is 7.45. The molecule has 0 radical (unpaired) electrons. The highest BCUT2D eigenvalue weighted by Gasteiger charge is 2.20. The minimum atomic E-state index is -0.912. The summed E-state index contributed by atoms with van der Waals surface area (Å²) in [5.41, 5.74) is 1.87. The number of rotatable bonds is 4. The predicted octanol–water partition coefficient (Wildman–Crippen LogP) is 3.11. The van der Waals surface area contributed by atoms with Crippen LogP contribution in [0.1, 0.15) is 27.7 Å². The third kappa shape index (κ3) is 3.71. The second-order valence-electron chi connectivity index (χ2n) is 4.66. The summed E-state index contributed by atoms with van der Waals surface area (Å²) in [7, 11) is 0. The first kappa shape index (κ1) is 15.7. The molecule has 1 aromatic carbocycles. The standard InChI is InChI=1S/C16H14N2O3S/c1-10-7-8-22-14(10)16(20)21-11(2)15(19)18-13-5-3-12(9-17)4-6-13/h3-8,11H,1-2H3,(H,18,19)/t11-/m1/s1. The minimum absolute atomic E-state index is 0.424. The molecule has 22 heavy (non-hydrogen) atoms. The number of esters is 1. The van der Waals surface area contributed by atoms with Gasteiger partial charge in [-0.05, 0) is 55.1 Å². The van der Waals surface area contributed by atoms with Crippen LogP contribution in [0.15, 0.2) is 35.7 Å². The van der Waals surface area contributed by atoms with Crippen LogP contribution < -0.4 is 5.32 Å². The highest BCUT2D eigenvalue weighted by Crippen LogP contribution is 2.18. The molecule has 2 aromatic rings. The van der Waals surface area contributed by atoms with Crippen molar-refractivity contribution in [3.05, 3.63) is 51.7 Å². The van der Waals surface area contributed by atoms with E-state index in [0.717, 1.165) is 5.56 Å². The van der Waals surface area contributed by atoms with Gasteiger partial charge < -0.3 is 10.1 Å². The van der Waals surface area contributed by atoms with Gasteiger partial charge in [0.2, 0.25) is 0 Å². The fraction of sp³-hybridized carbons (Fsp3) is 0.188. The summed E-state index contributed by atoms with van der Waals surface area (Å²) < 4.78 is 5.16. The molecule has 0 aliphatic rings. The van der Waals surface area contributed by atoms with Crippen molar-refractivity contribution in [2.75, 3.05) is 5.32 Å². The Bertz CT molecular complexity index is 729. The molecule has 0 saturated heterocycles. The Hall–Kier alpha value is -2.65. The molecular weight excluding hydrogens is 300 g/mol. The average molecular weight is 314 g/mol. The van der Waals surface area contributed by atoms with Crippen molar-refractivity contribution in [2.45, 2.75) is 20.0 Å². The molecular formula is C16H14N2O3S. The molecule has 2 rings (SSSR count). The Labute approximate surface area is 132 Å². The summed E-state index contributed by atoms with van der Waals surface area (Å²) in [6.07, 6.45) is -0.912. The monoisotopic (exact) mass is 314 g/mol. The lowest BCUT2D eigenvalue weighted by Gasteiger charge is -2.13. The van der Waals surface area contributed by atoms with E-state index < -0.39 is 18.0 Å². The minimum Gasteiger partial charge on any atom is -0.448 e. The Balaban J connectivity index is 1.96. The lowest BCUT2D eigenvalue weighted by molar-refractivity contribution is -0.123. The van der Waals surface area contributed by atoms with Crippen molar-refractivity contribution in [1.82, 2.24) is 0 Å². The zero-order valence-electron chi connectivity index (χ0n) is 12.1. The van der Waals surface area contributed by atoms with Crippen molar-refractivity contribution in [3.63, 3.8) is 0 Å². The SMILES string of the molecule is Cc1ccsc1C(=O)O[C@H](C)C(=O)Nc1ccc(C#N)cc1. The van der Waals surface area contributed by atoms with Crippen molar-refractivity contribution < 1.29 is 14.3 Å². The van der Waals surface area contributed by atoms with E-state index in [-0.39, 0.29) is 0 Å². The topological polar surface area (TPSA) is 79.2 Å². The van der Waals surface area contributed by atoms with Crippen LogP contribution in [0.5, 0.6) is 0 Å². The second-order valence-corrected chi connectivity index (χ2v) is 5.57. The molecule has 0 fully saturated rings. The first-order chi connectivity index (χ1) is 10.5. The normalized spacial score (nSPS) is 11.3. The van der Waals surface area contributed by atoms with Gasteiger partial charge in [-0.1, -0.05) is 0 Å². The Kier molecular flexibility index (Phi) is 4.92. The number of nitrogens with zero attached hydrogens (tertiary/aromatic N) is 1. The molecule has 0 aliphatic carbocycles. The number of benzene rings is 1. The summed E-state index contributed by atoms with van der Waals surface area (Å²) in [5.74, 6) is -0.928. The zero-order chi connectivity index (χ0) is 16.1. The smallest absolute Gasteiger partial charge is 0.349 e. The van der Waals surface area contributed by atoms with Gasteiger partial charge in [0.1, 0.15) is 4.88 Å². The maximum Gasteiger partial charge on any atom is 0.349 e. The largest absolute Gasteiger partial charge is 0.448 e. The quantitative estimate of drug-likeness (QED) is 0.879. The Morgan fingerprint density at radius 3 is 2.50 bits per heavy atom. The van der Waals surface area contributed by atoms with E-state index in [2.05, 4.69) is 5.32 Å². The van der Waals surface area contributed by atoms with Crippen LogP contribution in [-0.4, -0.2) is 18.0 Å². The fourth-order valence-electron chi connectivity index (χ4n) is 1.72. The first-order valence-electron chi connectivity index (χ1n) is 6.57. The van der Waals surface area contributed by atoms with E-state index >= 15 is 0 Å². The Morgan fingerprint density at radius 2 is 1.95 bits per heavy atom. The van der Waals surface area contributed by atoms with Gasteiger partial charge in [0.05, 0.1) is 11.6 Å². The van der Waals surface area contributed by atoms with Gasteiger partial charge in [-0.25, -0.2) is 4.79 Å². The van der Waals surface area contributed by atoms with E-state index in [1.54, 1.807) is 29.6 Å². The molecule has 1 aromatic heterocycles. The number of carbonyl (C=O) groups is 2. The second kappa shape index (κ2) is 6.87. The number of carbonyl (C=O) groups excluding carboxylic acids is 2. The van der Waals surface area contributed by atoms with Gasteiger partial charge in [-0.15, -0.1) is 11.3 Å². The van der Waals surface area contributed by atoms with Crippen LogP contribution in [0.3, 0.4) is 0 Å². The molecule has 5 nitrogen and oxygen atoms in total. The number of nitriles is 1. The van der Waals surface area contributed by atoms with E-state index in [4.69, 9.17) is 10.00 Å². The molecule has 1 N–H and O–H groups in total. The summed E-state index contributed by atoms with van der Waals surface area (Å²) in [4.78, 5) is 24.5. The van der Waals surface area contributed by atoms with E-state index in [0.29, 0.717) is 16.1 Å². The number of aryl methyl sites for hydroxylation is 1. The van der Waals surface area contributed by atoms with Gasteiger partial charge in [0, 0.05) is 5.69 Å². The molecule has 0 saturated carbocycles. The molecule has 0 spiro atoms. The van der Waals surface area contributed by atoms with Gasteiger partial charge in [-0.3, -0.25) is 4.79 Å².